The van der Waals surface area contributed by atoms with Crippen LogP contribution in [-0.4, -0.2) is 40.1 Å². The van der Waals surface area contributed by atoms with E-state index in [0.29, 0.717) is 29.7 Å². The highest BCUT2D eigenvalue weighted by Crippen LogP contribution is 2.43. The van der Waals surface area contributed by atoms with Gasteiger partial charge in [-0.1, -0.05) is 11.6 Å². The van der Waals surface area contributed by atoms with Crippen molar-refractivity contribution in [2.24, 2.45) is 23.5 Å². The summed E-state index contributed by atoms with van der Waals surface area (Å²) < 4.78 is 5.44. The molecule has 26 heavy (non-hydrogen) atoms. The molecule has 0 radical (unpaired) electrons. The van der Waals surface area contributed by atoms with Crippen LogP contribution in [0.1, 0.15) is 81.3 Å². The summed E-state index contributed by atoms with van der Waals surface area (Å²) in [5, 5.41) is 4.22. The molecule has 2 bridgehead atoms. The highest BCUT2D eigenvalue weighted by Gasteiger charge is 2.42. The smallest absolute Gasteiger partial charge is 0.229 e. The number of fused-ring (bicyclic) bond motifs is 2. The van der Waals surface area contributed by atoms with E-state index in [-0.39, 0.29) is 11.8 Å². The van der Waals surface area contributed by atoms with Gasteiger partial charge in [0, 0.05) is 36.9 Å². The number of aromatic nitrogens is 2. The van der Waals surface area contributed by atoms with Crippen molar-refractivity contribution in [1.82, 2.24) is 15.0 Å². The van der Waals surface area contributed by atoms with E-state index < -0.39 is 0 Å². The Labute approximate surface area is 154 Å². The van der Waals surface area contributed by atoms with E-state index >= 15 is 0 Å². The van der Waals surface area contributed by atoms with Crippen LogP contribution in [0, 0.1) is 17.8 Å². The fourth-order valence-corrected chi connectivity index (χ4v) is 5.55. The minimum Gasteiger partial charge on any atom is -0.342 e. The van der Waals surface area contributed by atoms with Crippen molar-refractivity contribution in [3.8, 4) is 0 Å². The van der Waals surface area contributed by atoms with Crippen molar-refractivity contribution < 1.29 is 9.32 Å². The molecule has 6 nitrogen and oxygen atoms in total. The van der Waals surface area contributed by atoms with E-state index in [1.165, 1.54) is 32.1 Å². The van der Waals surface area contributed by atoms with Gasteiger partial charge in [0.05, 0.1) is 0 Å². The molecule has 142 valence electrons. The van der Waals surface area contributed by atoms with Crippen LogP contribution < -0.4 is 5.73 Å². The zero-order valence-corrected chi connectivity index (χ0v) is 15.5. The molecule has 1 saturated heterocycles. The number of piperidine rings is 1. The molecule has 3 atom stereocenters. The zero-order chi connectivity index (χ0) is 17.7. The predicted octanol–water partition coefficient (Wildman–Crippen LogP) is 2.81. The average molecular weight is 358 g/mol. The van der Waals surface area contributed by atoms with Crippen LogP contribution >= 0.6 is 0 Å². The SMILES string of the molecule is NC1C2CCCC1CC(C(=O)N1CCCC(c3noc(C4CC4)n3)C1)C2. The zero-order valence-electron chi connectivity index (χ0n) is 15.5. The lowest BCUT2D eigenvalue weighted by Gasteiger charge is -2.45. The molecule has 4 fully saturated rings. The van der Waals surface area contributed by atoms with Gasteiger partial charge in [0.15, 0.2) is 5.82 Å². The number of hydrogen-bond donors (Lipinski definition) is 1. The molecule has 2 N–H and O–H groups in total. The molecule has 3 unspecified atom stereocenters. The van der Waals surface area contributed by atoms with Crippen LogP contribution in [0.15, 0.2) is 4.52 Å². The van der Waals surface area contributed by atoms with Crippen molar-refractivity contribution in [2.75, 3.05) is 13.1 Å². The molecule has 3 saturated carbocycles. The Kier molecular flexibility index (Phi) is 4.26. The van der Waals surface area contributed by atoms with E-state index in [0.717, 1.165) is 50.5 Å². The summed E-state index contributed by atoms with van der Waals surface area (Å²) in [7, 11) is 0. The second kappa shape index (κ2) is 6.63. The Morgan fingerprint density at radius 2 is 1.81 bits per heavy atom. The molecule has 4 aliphatic rings. The van der Waals surface area contributed by atoms with Gasteiger partial charge >= 0.3 is 0 Å². The van der Waals surface area contributed by atoms with Crippen LogP contribution in [0.5, 0.6) is 0 Å². The predicted molar refractivity (Wildman–Crippen MR) is 96.4 cm³/mol. The van der Waals surface area contributed by atoms with E-state index in [1.807, 2.05) is 0 Å². The minimum absolute atomic E-state index is 0.177. The van der Waals surface area contributed by atoms with Crippen molar-refractivity contribution in [3.63, 3.8) is 0 Å². The third-order valence-electron chi connectivity index (χ3n) is 7.24. The first-order valence-corrected chi connectivity index (χ1v) is 10.6. The first-order chi connectivity index (χ1) is 12.7. The van der Waals surface area contributed by atoms with Gasteiger partial charge in [-0.05, 0) is 63.2 Å². The maximum absolute atomic E-state index is 13.2. The van der Waals surface area contributed by atoms with Crippen LogP contribution in [-0.2, 0) is 4.79 Å². The fourth-order valence-electron chi connectivity index (χ4n) is 5.55. The number of nitrogens with zero attached hydrogens (tertiary/aromatic N) is 3. The Balaban J connectivity index is 1.25. The quantitative estimate of drug-likeness (QED) is 0.898. The number of amides is 1. The molecular weight excluding hydrogens is 328 g/mol. The van der Waals surface area contributed by atoms with Gasteiger partial charge in [0.2, 0.25) is 11.8 Å². The fraction of sp³-hybridized carbons (Fsp3) is 0.850. The Morgan fingerprint density at radius 1 is 1.04 bits per heavy atom. The molecule has 0 aromatic carbocycles. The van der Waals surface area contributed by atoms with E-state index in [9.17, 15) is 4.79 Å². The average Bonchev–Trinajstić information content (AvgIpc) is 3.38. The molecule has 1 aliphatic heterocycles. The van der Waals surface area contributed by atoms with Crippen molar-refractivity contribution in [1.29, 1.82) is 0 Å². The monoisotopic (exact) mass is 358 g/mol. The lowest BCUT2D eigenvalue weighted by Crippen LogP contribution is -2.51. The number of rotatable bonds is 3. The summed E-state index contributed by atoms with van der Waals surface area (Å²) in [6.45, 7) is 1.63. The number of likely N-dealkylation sites (tertiary alicyclic amines) is 1. The molecule has 0 spiro atoms. The molecule has 1 aromatic heterocycles. The summed E-state index contributed by atoms with van der Waals surface area (Å²) in [6.07, 6.45) is 10.1. The minimum atomic E-state index is 0.177. The number of hydrogen-bond acceptors (Lipinski definition) is 5. The molecular formula is C20H30N4O2. The van der Waals surface area contributed by atoms with Crippen LogP contribution in [0.3, 0.4) is 0 Å². The van der Waals surface area contributed by atoms with E-state index in [2.05, 4.69) is 15.0 Å². The Morgan fingerprint density at radius 3 is 2.54 bits per heavy atom. The van der Waals surface area contributed by atoms with Crippen LogP contribution in [0.2, 0.25) is 0 Å². The van der Waals surface area contributed by atoms with Gasteiger partial charge in [-0.25, -0.2) is 0 Å². The molecule has 3 aliphatic carbocycles. The largest absolute Gasteiger partial charge is 0.342 e. The second-order valence-corrected chi connectivity index (χ2v) is 9.09. The first-order valence-electron chi connectivity index (χ1n) is 10.6. The third-order valence-corrected chi connectivity index (χ3v) is 7.24. The van der Waals surface area contributed by atoms with Crippen LogP contribution in [0.4, 0.5) is 0 Å². The third kappa shape index (κ3) is 3.06. The summed E-state index contributed by atoms with van der Waals surface area (Å²) in [6, 6.07) is 0.321. The number of carbonyl (C=O) groups excluding carboxylic acids is 1. The second-order valence-electron chi connectivity index (χ2n) is 9.09. The molecule has 1 aromatic rings. The molecule has 5 rings (SSSR count). The summed E-state index contributed by atoms with van der Waals surface area (Å²) >= 11 is 0. The summed E-state index contributed by atoms with van der Waals surface area (Å²) in [5.74, 6) is 3.97. The van der Waals surface area contributed by atoms with Crippen molar-refractivity contribution >= 4 is 5.91 Å². The highest BCUT2D eigenvalue weighted by molar-refractivity contribution is 5.79. The topological polar surface area (TPSA) is 85.3 Å². The highest BCUT2D eigenvalue weighted by atomic mass is 16.5. The summed E-state index contributed by atoms with van der Waals surface area (Å²) in [4.78, 5) is 19.9. The maximum Gasteiger partial charge on any atom is 0.229 e. The molecule has 2 heterocycles. The Bertz CT molecular complexity index is 657. The lowest BCUT2D eigenvalue weighted by molar-refractivity contribution is -0.140. The van der Waals surface area contributed by atoms with Crippen molar-refractivity contribution in [3.05, 3.63) is 11.7 Å². The number of carbonyl (C=O) groups is 1. The Hall–Kier alpha value is -1.43. The van der Waals surface area contributed by atoms with Gasteiger partial charge in [0.25, 0.3) is 0 Å². The van der Waals surface area contributed by atoms with Crippen LogP contribution in [0.25, 0.3) is 0 Å². The normalized spacial score (nSPS) is 37.6. The van der Waals surface area contributed by atoms with Gasteiger partial charge in [-0.15, -0.1) is 0 Å². The van der Waals surface area contributed by atoms with Gasteiger partial charge in [-0.3, -0.25) is 4.79 Å². The standard InChI is InChI=1S/C20H30N4O2/c21-17-13-3-1-4-14(17)10-16(9-13)20(25)24-8-2-5-15(11-24)18-22-19(26-23-18)12-6-7-12/h12-17H,1-11,21H2. The number of nitrogens with two attached hydrogens (primary N) is 1. The maximum atomic E-state index is 13.2. The molecule has 1 amide bonds. The van der Waals surface area contributed by atoms with Gasteiger partial charge in [-0.2, -0.15) is 4.98 Å². The molecule has 6 heteroatoms. The van der Waals surface area contributed by atoms with Gasteiger partial charge in [0.1, 0.15) is 0 Å². The lowest BCUT2D eigenvalue weighted by atomic mass is 9.65. The van der Waals surface area contributed by atoms with E-state index in [1.54, 1.807) is 0 Å². The van der Waals surface area contributed by atoms with Crippen molar-refractivity contribution in [2.45, 2.75) is 75.7 Å². The first kappa shape index (κ1) is 16.7. The van der Waals surface area contributed by atoms with E-state index in [4.69, 9.17) is 10.3 Å². The van der Waals surface area contributed by atoms with Gasteiger partial charge < -0.3 is 15.2 Å². The summed E-state index contributed by atoms with van der Waals surface area (Å²) in [5.41, 5.74) is 6.40.